The Balaban J connectivity index is 2.37. The van der Waals surface area contributed by atoms with Crippen molar-refractivity contribution in [1.29, 1.82) is 0 Å². The Kier molecular flexibility index (Phi) is 11.6. The van der Waals surface area contributed by atoms with Crippen LogP contribution in [0.1, 0.15) is 115 Å². The summed E-state index contributed by atoms with van der Waals surface area (Å²) in [5, 5.41) is 0. The Hall–Kier alpha value is -4.64. The lowest BCUT2D eigenvalue weighted by Gasteiger charge is -2.39. The van der Waals surface area contributed by atoms with Crippen molar-refractivity contribution in [2.45, 2.75) is 94.9 Å². The monoisotopic (exact) mass is 765 g/mol. The zero-order valence-corrected chi connectivity index (χ0v) is 35.3. The molecule has 10 heteroatoms. The number of carbonyl (C=O) groups excluding carboxylic acids is 5. The Morgan fingerprint density at radius 3 is 0.741 bits per heavy atom. The van der Waals surface area contributed by atoms with Gasteiger partial charge in [0.2, 0.25) is 36.4 Å². The molecular weight excluding hydrogens is 716 g/mol. The van der Waals surface area contributed by atoms with Crippen molar-refractivity contribution in [3.63, 3.8) is 0 Å². The second kappa shape index (κ2) is 14.9. The molecule has 8 nitrogen and oxygen atoms in total. The molecule has 0 aliphatic rings. The largest absolute Gasteiger partial charge is 0.305 e. The van der Waals surface area contributed by atoms with Crippen LogP contribution in [0, 0.1) is 83.1 Å². The van der Waals surface area contributed by atoms with E-state index in [9.17, 15) is 4.79 Å². The van der Waals surface area contributed by atoms with Gasteiger partial charge in [0.05, 0.1) is 0 Å². The fourth-order valence-corrected chi connectivity index (χ4v) is 16.3. The smallest absolute Gasteiger partial charge is 0.267 e. The highest BCUT2D eigenvalue weighted by molar-refractivity contribution is 8.12. The number of aryl methyl sites for hydroxylation is 12. The van der Waals surface area contributed by atoms with Gasteiger partial charge in [-0.3, -0.25) is 24.0 Å². The Morgan fingerprint density at radius 1 is 0.426 bits per heavy atom. The molecule has 0 radical (unpaired) electrons. The SMILES string of the molecule is C=NC(=O)C(C)(P(=O)(C(=O)c1c(C)cc(C)cc1C)C(=O)c1c(C)cc(C)cc1C)P(=O)(C(=O)c1c(C)cc(C)cc1C)C(=O)c1c(C)cc(C)cc1C. The second-order valence-corrected chi connectivity index (χ2v) is 21.2. The first-order valence-corrected chi connectivity index (χ1v) is 21.0. The van der Waals surface area contributed by atoms with Crippen LogP contribution in [0.25, 0.3) is 0 Å². The number of aliphatic imine (C=N–C) groups is 1. The highest BCUT2D eigenvalue weighted by Gasteiger charge is 2.73. The molecule has 0 heterocycles. The summed E-state index contributed by atoms with van der Waals surface area (Å²) in [4.78, 5) is 76.9. The van der Waals surface area contributed by atoms with Gasteiger partial charge in [0.1, 0.15) is 0 Å². The normalized spacial score (nSPS) is 12.0. The summed E-state index contributed by atoms with van der Waals surface area (Å²) in [5.41, 5.74) is 0.0632. The number of benzene rings is 4. The maximum Gasteiger partial charge on any atom is 0.267 e. The van der Waals surface area contributed by atoms with Gasteiger partial charge >= 0.3 is 0 Å². The predicted molar refractivity (Wildman–Crippen MR) is 218 cm³/mol. The van der Waals surface area contributed by atoms with E-state index in [1.165, 1.54) is 0 Å². The number of carbonyl (C=O) groups is 5. The van der Waals surface area contributed by atoms with Gasteiger partial charge < -0.3 is 9.13 Å². The van der Waals surface area contributed by atoms with Crippen molar-refractivity contribution >= 4 is 49.0 Å². The molecule has 0 N–H and O–H groups in total. The minimum Gasteiger partial charge on any atom is -0.305 e. The third kappa shape index (κ3) is 6.48. The molecular formula is C44H49NO7P2. The third-order valence-corrected chi connectivity index (χ3v) is 18.2. The minimum atomic E-state index is -5.79. The molecule has 4 aromatic rings. The van der Waals surface area contributed by atoms with Crippen LogP contribution in [0.4, 0.5) is 0 Å². The van der Waals surface area contributed by atoms with E-state index < -0.39 is 47.2 Å². The van der Waals surface area contributed by atoms with Gasteiger partial charge in [-0.25, -0.2) is 4.99 Å². The lowest BCUT2D eigenvalue weighted by atomic mass is 10.0. The molecule has 0 saturated heterocycles. The molecule has 1 amide bonds. The van der Waals surface area contributed by atoms with Crippen LogP contribution in [0.15, 0.2) is 53.5 Å². The molecule has 0 atom stereocenters. The number of hydrogen-bond donors (Lipinski definition) is 0. The first-order valence-electron chi connectivity index (χ1n) is 17.6. The summed E-state index contributed by atoms with van der Waals surface area (Å²) in [5.74, 6) is -1.53. The summed E-state index contributed by atoms with van der Waals surface area (Å²) in [6.07, 6.45) is 0. The van der Waals surface area contributed by atoms with Crippen LogP contribution < -0.4 is 0 Å². The average Bonchev–Trinajstić information content (AvgIpc) is 3.04. The van der Waals surface area contributed by atoms with E-state index in [1.807, 2.05) is 0 Å². The third-order valence-electron chi connectivity index (χ3n) is 10.5. The number of hydrogen-bond acceptors (Lipinski definition) is 7. The minimum absolute atomic E-state index is 0.139. The molecule has 0 aliphatic carbocycles. The quantitative estimate of drug-likeness (QED) is 0.110. The van der Waals surface area contributed by atoms with Gasteiger partial charge in [-0.05, 0) is 141 Å². The number of amides is 1. The molecule has 0 bridgehead atoms. The zero-order valence-electron chi connectivity index (χ0n) is 33.5. The van der Waals surface area contributed by atoms with E-state index in [1.54, 1.807) is 132 Å². The molecule has 4 aromatic carbocycles. The topological polar surface area (TPSA) is 132 Å². The Morgan fingerprint density at radius 2 is 0.593 bits per heavy atom. The number of rotatable bonds is 11. The van der Waals surface area contributed by atoms with E-state index in [0.717, 1.165) is 29.2 Å². The lowest BCUT2D eigenvalue weighted by molar-refractivity contribution is -0.118. The van der Waals surface area contributed by atoms with Gasteiger partial charge in [0, 0.05) is 22.3 Å². The lowest BCUT2D eigenvalue weighted by Crippen LogP contribution is -2.44. The van der Waals surface area contributed by atoms with Crippen LogP contribution in [0.3, 0.4) is 0 Å². The molecule has 0 saturated carbocycles. The van der Waals surface area contributed by atoms with Crippen LogP contribution in [0.2, 0.25) is 0 Å². The summed E-state index contributed by atoms with van der Waals surface area (Å²) in [6, 6.07) is 13.3. The van der Waals surface area contributed by atoms with Gasteiger partial charge in [-0.1, -0.05) is 70.8 Å². The van der Waals surface area contributed by atoms with E-state index >= 15 is 28.3 Å². The fourth-order valence-electron chi connectivity index (χ4n) is 8.29. The van der Waals surface area contributed by atoms with Gasteiger partial charge in [-0.15, -0.1) is 0 Å². The summed E-state index contributed by atoms with van der Waals surface area (Å²) < 4.78 is 33.4. The van der Waals surface area contributed by atoms with Gasteiger partial charge in [-0.2, -0.15) is 0 Å². The predicted octanol–water partition coefficient (Wildman–Crippen LogP) is 10.7. The van der Waals surface area contributed by atoms with Crippen molar-refractivity contribution in [3.8, 4) is 0 Å². The Labute approximate surface area is 318 Å². The average molecular weight is 766 g/mol. The van der Waals surface area contributed by atoms with E-state index in [0.29, 0.717) is 44.5 Å². The Bertz CT molecular complexity index is 2060. The molecule has 4 rings (SSSR count). The standard InChI is InChI=1S/C44H49NO7P2/c1-23-15-27(5)35(28(6)16-23)39(46)53(51,40(47)36-29(7)17-24(2)18-30(36)8)44(13,43(50)45-14)54(52,41(48)37-31(9)19-25(3)20-32(37)10)42(49)38-33(11)21-26(4)22-34(38)12/h15-22H,14H2,1-13H3. The molecule has 0 unspecified atom stereocenters. The van der Waals surface area contributed by atoms with Crippen LogP contribution in [-0.2, 0) is 13.9 Å². The van der Waals surface area contributed by atoms with Crippen molar-refractivity contribution < 1.29 is 33.1 Å². The molecule has 0 spiro atoms. The fraction of sp³-hybridized carbons (Fsp3) is 0.318. The van der Waals surface area contributed by atoms with E-state index in [2.05, 4.69) is 11.7 Å². The maximum atomic E-state index is 16.7. The first kappa shape index (κ1) is 42.1. The second-order valence-electron chi connectivity index (χ2n) is 15.0. The van der Waals surface area contributed by atoms with Crippen molar-refractivity contribution in [3.05, 3.63) is 138 Å². The summed E-state index contributed by atoms with van der Waals surface area (Å²) in [6.45, 7) is 24.3. The van der Waals surface area contributed by atoms with Crippen molar-refractivity contribution in [2.24, 2.45) is 4.99 Å². The molecule has 0 aromatic heterocycles. The first-order chi connectivity index (χ1) is 24.9. The summed E-state index contributed by atoms with van der Waals surface area (Å²) in [7, 11) is -11.6. The van der Waals surface area contributed by atoms with Gasteiger partial charge in [0.15, 0.2) is 4.90 Å². The molecule has 0 aliphatic heterocycles. The van der Waals surface area contributed by atoms with E-state index in [4.69, 9.17) is 0 Å². The molecule has 282 valence electrons. The highest BCUT2D eigenvalue weighted by atomic mass is 31.2. The van der Waals surface area contributed by atoms with Crippen molar-refractivity contribution in [2.75, 3.05) is 0 Å². The molecule has 0 fully saturated rings. The highest BCUT2D eigenvalue weighted by Crippen LogP contribution is 2.80. The van der Waals surface area contributed by atoms with Gasteiger partial charge in [0.25, 0.3) is 5.91 Å². The number of nitrogens with zero attached hydrogens (tertiary/aromatic N) is 1. The van der Waals surface area contributed by atoms with Crippen LogP contribution in [0.5, 0.6) is 0 Å². The van der Waals surface area contributed by atoms with Crippen LogP contribution >= 0.6 is 14.3 Å². The maximum absolute atomic E-state index is 16.7. The van der Waals surface area contributed by atoms with Crippen LogP contribution in [-0.4, -0.2) is 39.6 Å². The van der Waals surface area contributed by atoms with Crippen molar-refractivity contribution in [1.82, 2.24) is 0 Å². The van der Waals surface area contributed by atoms with E-state index in [-0.39, 0.29) is 22.3 Å². The summed E-state index contributed by atoms with van der Waals surface area (Å²) >= 11 is 0. The molecule has 54 heavy (non-hydrogen) atoms. The zero-order chi connectivity index (χ0) is 41.0.